The summed E-state index contributed by atoms with van der Waals surface area (Å²) in [5, 5.41) is 3.28. The van der Waals surface area contributed by atoms with E-state index >= 15 is 0 Å². The Morgan fingerprint density at radius 3 is 2.77 bits per heavy atom. The van der Waals surface area contributed by atoms with Crippen LogP contribution in [0.4, 0.5) is 4.39 Å². The molecule has 2 rings (SSSR count). The van der Waals surface area contributed by atoms with Crippen LogP contribution in [0.15, 0.2) is 18.2 Å². The van der Waals surface area contributed by atoms with Crippen LogP contribution in [0.25, 0.3) is 0 Å². The van der Waals surface area contributed by atoms with Gasteiger partial charge in [-0.3, -0.25) is 4.79 Å². The number of halogens is 3. The van der Waals surface area contributed by atoms with Gasteiger partial charge < -0.3 is 11.1 Å². The second kappa shape index (κ2) is 7.62. The molecule has 3 atom stereocenters. The molecule has 3 N–H and O–H groups in total. The van der Waals surface area contributed by atoms with Gasteiger partial charge in [0, 0.05) is 10.6 Å². The Morgan fingerprint density at radius 1 is 1.50 bits per heavy atom. The first-order valence-corrected chi connectivity index (χ1v) is 7.73. The van der Waals surface area contributed by atoms with Crippen molar-refractivity contribution >= 4 is 29.9 Å². The topological polar surface area (TPSA) is 55.1 Å². The number of hydrogen-bond donors (Lipinski definition) is 2. The molecule has 1 amide bonds. The van der Waals surface area contributed by atoms with E-state index < -0.39 is 5.54 Å². The fourth-order valence-electron chi connectivity index (χ4n) is 3.03. The molecule has 1 fully saturated rings. The first-order valence-electron chi connectivity index (χ1n) is 7.35. The molecule has 0 radical (unpaired) electrons. The van der Waals surface area contributed by atoms with Gasteiger partial charge in [0.05, 0.1) is 12.0 Å². The quantitative estimate of drug-likeness (QED) is 0.867. The second-order valence-electron chi connectivity index (χ2n) is 6.20. The van der Waals surface area contributed by atoms with E-state index in [9.17, 15) is 9.18 Å². The highest BCUT2D eigenvalue weighted by Gasteiger charge is 2.38. The fraction of sp³-hybridized carbons (Fsp3) is 0.562. The Hall–Kier alpha value is -0.840. The van der Waals surface area contributed by atoms with Gasteiger partial charge in [0.1, 0.15) is 5.82 Å². The highest BCUT2D eigenvalue weighted by Crippen LogP contribution is 2.32. The molecule has 1 aliphatic rings. The maximum Gasteiger partial charge on any atom is 0.225 e. The lowest BCUT2D eigenvalue weighted by molar-refractivity contribution is -0.128. The van der Waals surface area contributed by atoms with E-state index in [0.717, 1.165) is 25.7 Å². The Kier molecular flexibility index (Phi) is 6.65. The zero-order chi connectivity index (χ0) is 15.6. The largest absolute Gasteiger partial charge is 0.349 e. The smallest absolute Gasteiger partial charge is 0.225 e. The molecule has 0 aromatic heterocycles. The van der Waals surface area contributed by atoms with Crippen molar-refractivity contribution in [3.63, 3.8) is 0 Å². The van der Waals surface area contributed by atoms with Gasteiger partial charge in [-0.25, -0.2) is 4.39 Å². The van der Waals surface area contributed by atoms with Crippen molar-refractivity contribution in [1.82, 2.24) is 5.32 Å². The lowest BCUT2D eigenvalue weighted by atomic mass is 9.74. The minimum atomic E-state index is -0.464. The van der Waals surface area contributed by atoms with Crippen LogP contribution in [0.3, 0.4) is 0 Å². The monoisotopic (exact) mass is 348 g/mol. The van der Waals surface area contributed by atoms with Crippen LogP contribution in [0.1, 0.15) is 51.1 Å². The normalized spacial score (nSPS) is 26.0. The Morgan fingerprint density at radius 2 is 2.18 bits per heavy atom. The fourth-order valence-corrected chi connectivity index (χ4v) is 3.36. The number of benzene rings is 1. The molecule has 0 heterocycles. The van der Waals surface area contributed by atoms with Crippen molar-refractivity contribution in [1.29, 1.82) is 0 Å². The molecule has 6 heteroatoms. The van der Waals surface area contributed by atoms with Gasteiger partial charge in [-0.1, -0.05) is 30.5 Å². The van der Waals surface area contributed by atoms with Crippen molar-refractivity contribution in [2.75, 3.05) is 0 Å². The van der Waals surface area contributed by atoms with Crippen molar-refractivity contribution in [3.8, 4) is 0 Å². The van der Waals surface area contributed by atoms with Crippen LogP contribution < -0.4 is 11.1 Å². The molecular formula is C16H23Cl2FN2O. The predicted octanol–water partition coefficient (Wildman–Crippen LogP) is 3.99. The van der Waals surface area contributed by atoms with Gasteiger partial charge in [0.15, 0.2) is 0 Å². The summed E-state index contributed by atoms with van der Waals surface area (Å²) in [6.45, 7) is 3.78. The summed E-state index contributed by atoms with van der Waals surface area (Å²) in [7, 11) is 0. The highest BCUT2D eigenvalue weighted by atomic mass is 35.5. The van der Waals surface area contributed by atoms with Crippen molar-refractivity contribution in [3.05, 3.63) is 34.6 Å². The third-order valence-electron chi connectivity index (χ3n) is 4.36. The third kappa shape index (κ3) is 4.34. The molecular weight excluding hydrogens is 326 g/mol. The summed E-state index contributed by atoms with van der Waals surface area (Å²) < 4.78 is 13.1. The van der Waals surface area contributed by atoms with E-state index in [2.05, 4.69) is 5.32 Å². The maximum absolute atomic E-state index is 13.1. The minimum absolute atomic E-state index is 0. The van der Waals surface area contributed by atoms with E-state index in [-0.39, 0.29) is 36.1 Å². The van der Waals surface area contributed by atoms with E-state index in [1.807, 2.05) is 13.8 Å². The van der Waals surface area contributed by atoms with Crippen LogP contribution in [0.5, 0.6) is 0 Å². The summed E-state index contributed by atoms with van der Waals surface area (Å²) in [6.07, 6.45) is 3.76. The highest BCUT2D eigenvalue weighted by molar-refractivity contribution is 6.31. The number of rotatable bonds is 3. The van der Waals surface area contributed by atoms with Crippen LogP contribution in [0.2, 0.25) is 5.02 Å². The van der Waals surface area contributed by atoms with Crippen molar-refractivity contribution < 1.29 is 9.18 Å². The molecule has 3 unspecified atom stereocenters. The lowest BCUT2D eigenvalue weighted by Crippen LogP contribution is -2.53. The molecule has 1 aliphatic carbocycles. The molecule has 124 valence electrons. The molecule has 0 aliphatic heterocycles. The number of amides is 1. The third-order valence-corrected chi connectivity index (χ3v) is 4.69. The summed E-state index contributed by atoms with van der Waals surface area (Å²) in [4.78, 5) is 12.5. The predicted molar refractivity (Wildman–Crippen MR) is 89.8 cm³/mol. The van der Waals surface area contributed by atoms with Gasteiger partial charge in [-0.2, -0.15) is 0 Å². The Bertz CT molecular complexity index is 537. The molecule has 0 bridgehead atoms. The summed E-state index contributed by atoms with van der Waals surface area (Å²) in [5.41, 5.74) is 6.50. The summed E-state index contributed by atoms with van der Waals surface area (Å²) >= 11 is 6.03. The van der Waals surface area contributed by atoms with Crippen molar-refractivity contribution in [2.45, 2.75) is 51.1 Å². The zero-order valence-electron chi connectivity index (χ0n) is 12.9. The van der Waals surface area contributed by atoms with Crippen molar-refractivity contribution in [2.24, 2.45) is 11.7 Å². The first-order chi connectivity index (χ1) is 9.81. The van der Waals surface area contributed by atoms with E-state index in [1.165, 1.54) is 12.1 Å². The summed E-state index contributed by atoms with van der Waals surface area (Å²) in [5.74, 6) is -0.621. The number of hydrogen-bond acceptors (Lipinski definition) is 2. The SMILES string of the molecule is CC(NC(=O)C1CCCCC1(C)N)c1ccc(F)cc1Cl.Cl. The molecule has 0 spiro atoms. The molecule has 1 aromatic carbocycles. The van der Waals surface area contributed by atoms with Gasteiger partial charge in [-0.15, -0.1) is 12.4 Å². The first kappa shape index (κ1) is 19.2. The minimum Gasteiger partial charge on any atom is -0.349 e. The number of nitrogens with one attached hydrogen (secondary N) is 1. The van der Waals surface area contributed by atoms with Gasteiger partial charge in [0.2, 0.25) is 5.91 Å². The number of nitrogens with two attached hydrogens (primary N) is 1. The maximum atomic E-state index is 13.1. The molecule has 1 aromatic rings. The number of carbonyl (C=O) groups excluding carboxylic acids is 1. The van der Waals surface area contributed by atoms with Crippen LogP contribution >= 0.6 is 24.0 Å². The number of carbonyl (C=O) groups is 1. The summed E-state index contributed by atoms with van der Waals surface area (Å²) in [6, 6.07) is 3.93. The molecule has 3 nitrogen and oxygen atoms in total. The molecule has 1 saturated carbocycles. The van der Waals surface area contributed by atoms with Crippen LogP contribution in [-0.2, 0) is 4.79 Å². The molecule has 22 heavy (non-hydrogen) atoms. The average Bonchev–Trinajstić information content (AvgIpc) is 2.37. The van der Waals surface area contributed by atoms with E-state index in [1.54, 1.807) is 6.07 Å². The van der Waals surface area contributed by atoms with Crippen LogP contribution in [-0.4, -0.2) is 11.4 Å². The Balaban J connectivity index is 0.00000242. The lowest BCUT2D eigenvalue weighted by Gasteiger charge is -2.37. The van der Waals surface area contributed by atoms with Gasteiger partial charge >= 0.3 is 0 Å². The standard InChI is InChI=1S/C16H22ClFN2O.ClH/c1-10(12-7-6-11(18)9-14(12)17)20-15(21)13-5-3-4-8-16(13,2)19;/h6-7,9-10,13H,3-5,8,19H2,1-2H3,(H,20,21);1H. The van der Waals surface area contributed by atoms with Gasteiger partial charge in [0.25, 0.3) is 0 Å². The Labute approximate surface area is 142 Å². The second-order valence-corrected chi connectivity index (χ2v) is 6.61. The molecule has 0 saturated heterocycles. The van der Waals surface area contributed by atoms with Gasteiger partial charge in [-0.05, 0) is 44.4 Å². The van der Waals surface area contributed by atoms with E-state index in [0.29, 0.717) is 10.6 Å². The zero-order valence-corrected chi connectivity index (χ0v) is 14.4. The average molecular weight is 349 g/mol. The van der Waals surface area contributed by atoms with Crippen LogP contribution in [0, 0.1) is 11.7 Å². The van der Waals surface area contributed by atoms with E-state index in [4.69, 9.17) is 17.3 Å².